The van der Waals surface area contributed by atoms with Crippen LogP contribution in [0.15, 0.2) is 24.3 Å². The number of amides is 2. The molecular formula is C19H29N3O2. The van der Waals surface area contributed by atoms with Crippen molar-refractivity contribution >= 4 is 11.7 Å². The third-order valence-corrected chi connectivity index (χ3v) is 5.45. The van der Waals surface area contributed by atoms with Crippen LogP contribution in [0.4, 0.5) is 10.5 Å². The van der Waals surface area contributed by atoms with E-state index in [4.69, 9.17) is 0 Å². The highest BCUT2D eigenvalue weighted by molar-refractivity contribution is 5.73. The van der Waals surface area contributed by atoms with E-state index in [9.17, 15) is 9.90 Å². The fourth-order valence-corrected chi connectivity index (χ4v) is 3.17. The normalized spacial score (nSPS) is 19.8. The Labute approximate surface area is 144 Å². The number of anilines is 1. The van der Waals surface area contributed by atoms with Crippen LogP contribution in [-0.2, 0) is 6.54 Å². The van der Waals surface area contributed by atoms with Gasteiger partial charge in [-0.3, -0.25) is 0 Å². The molecular weight excluding hydrogens is 302 g/mol. The molecule has 2 amide bonds. The number of nitrogens with one attached hydrogen (secondary N) is 2. The monoisotopic (exact) mass is 331 g/mol. The molecule has 0 atom stereocenters. The number of carbonyl (C=O) groups is 1. The lowest BCUT2D eigenvalue weighted by atomic mass is 9.99. The van der Waals surface area contributed by atoms with Crippen molar-refractivity contribution in [3.05, 3.63) is 29.8 Å². The van der Waals surface area contributed by atoms with E-state index in [1.807, 2.05) is 0 Å². The van der Waals surface area contributed by atoms with Gasteiger partial charge < -0.3 is 20.6 Å². The highest BCUT2D eigenvalue weighted by Gasteiger charge is 2.42. The molecule has 0 unspecified atom stereocenters. The molecule has 1 aromatic carbocycles. The molecule has 2 fully saturated rings. The van der Waals surface area contributed by atoms with Crippen LogP contribution >= 0.6 is 0 Å². The molecule has 5 heteroatoms. The number of hydrogen-bond acceptors (Lipinski definition) is 3. The largest absolute Gasteiger partial charge is 0.396 e. The number of aliphatic hydroxyl groups is 1. The molecule has 24 heavy (non-hydrogen) atoms. The van der Waals surface area contributed by atoms with Crippen molar-refractivity contribution in [2.75, 3.05) is 31.1 Å². The molecule has 1 heterocycles. The minimum atomic E-state index is -0.163. The van der Waals surface area contributed by atoms with Gasteiger partial charge in [0.2, 0.25) is 0 Å². The Kier molecular flexibility index (Phi) is 5.29. The number of aliphatic hydroxyl groups excluding tert-OH is 1. The minimum Gasteiger partial charge on any atom is -0.396 e. The van der Waals surface area contributed by atoms with Crippen LogP contribution in [0.3, 0.4) is 0 Å². The van der Waals surface area contributed by atoms with Gasteiger partial charge in [0.05, 0.1) is 6.61 Å². The topological polar surface area (TPSA) is 64.6 Å². The van der Waals surface area contributed by atoms with Crippen LogP contribution in [0.2, 0.25) is 0 Å². The van der Waals surface area contributed by atoms with E-state index in [-0.39, 0.29) is 18.1 Å². The lowest BCUT2D eigenvalue weighted by Gasteiger charge is -2.32. The number of nitrogens with zero attached hydrogens (tertiary/aromatic N) is 1. The first-order chi connectivity index (χ1) is 11.6. The summed E-state index contributed by atoms with van der Waals surface area (Å²) in [5.41, 5.74) is 2.32. The van der Waals surface area contributed by atoms with Crippen molar-refractivity contribution in [2.45, 2.75) is 39.2 Å². The first-order valence-corrected chi connectivity index (χ1v) is 9.07. The lowest BCUT2D eigenvalue weighted by molar-refractivity contribution is 0.203. The first-order valence-electron chi connectivity index (χ1n) is 9.07. The van der Waals surface area contributed by atoms with Crippen LogP contribution in [-0.4, -0.2) is 37.4 Å². The molecule has 2 aliphatic rings. The van der Waals surface area contributed by atoms with Crippen molar-refractivity contribution < 1.29 is 9.90 Å². The van der Waals surface area contributed by atoms with Crippen molar-refractivity contribution in [2.24, 2.45) is 11.3 Å². The van der Waals surface area contributed by atoms with Crippen LogP contribution in [0.1, 0.15) is 38.2 Å². The summed E-state index contributed by atoms with van der Waals surface area (Å²) in [5, 5.41) is 15.0. The maximum Gasteiger partial charge on any atom is 0.315 e. The van der Waals surface area contributed by atoms with Crippen LogP contribution < -0.4 is 15.5 Å². The molecule has 5 nitrogen and oxygen atoms in total. The summed E-state index contributed by atoms with van der Waals surface area (Å²) in [7, 11) is 0. The predicted molar refractivity (Wildman–Crippen MR) is 96.0 cm³/mol. The van der Waals surface area contributed by atoms with Gasteiger partial charge >= 0.3 is 6.03 Å². The zero-order chi connectivity index (χ0) is 17.0. The zero-order valence-corrected chi connectivity index (χ0v) is 14.6. The van der Waals surface area contributed by atoms with Crippen molar-refractivity contribution in [3.8, 4) is 0 Å². The summed E-state index contributed by atoms with van der Waals surface area (Å²) in [6, 6.07) is 8.31. The van der Waals surface area contributed by atoms with Gasteiger partial charge in [0.1, 0.15) is 0 Å². The standard InChI is InChI=1S/C19H29N3O2/c1-15-6-10-22(11-7-15)17-4-2-16(3-5-17)12-20-18(24)21-13-19(14-23)8-9-19/h2-5,15,23H,6-14H2,1H3,(H2,20,21,24). The Morgan fingerprint density at radius 1 is 1.21 bits per heavy atom. The third kappa shape index (κ3) is 4.41. The number of hydrogen-bond donors (Lipinski definition) is 3. The second kappa shape index (κ2) is 7.43. The Morgan fingerprint density at radius 2 is 1.88 bits per heavy atom. The highest BCUT2D eigenvalue weighted by atomic mass is 16.3. The van der Waals surface area contributed by atoms with E-state index < -0.39 is 0 Å². The van der Waals surface area contributed by atoms with Gasteiger partial charge in [0, 0.05) is 37.3 Å². The second-order valence-corrected chi connectivity index (χ2v) is 7.53. The van der Waals surface area contributed by atoms with Crippen LogP contribution in [0.25, 0.3) is 0 Å². The highest BCUT2D eigenvalue weighted by Crippen LogP contribution is 2.44. The van der Waals surface area contributed by atoms with E-state index in [1.165, 1.54) is 18.5 Å². The predicted octanol–water partition coefficient (Wildman–Crippen LogP) is 2.49. The molecule has 0 radical (unpaired) electrons. The molecule has 3 N–H and O–H groups in total. The Balaban J connectivity index is 1.42. The summed E-state index contributed by atoms with van der Waals surface area (Å²) in [6.45, 7) is 5.82. The van der Waals surface area contributed by atoms with E-state index in [0.717, 1.165) is 37.4 Å². The Bertz CT molecular complexity index is 546. The number of rotatable bonds is 6. The summed E-state index contributed by atoms with van der Waals surface area (Å²) in [5.74, 6) is 0.837. The molecule has 1 saturated carbocycles. The fourth-order valence-electron chi connectivity index (χ4n) is 3.17. The Morgan fingerprint density at radius 3 is 2.46 bits per heavy atom. The summed E-state index contributed by atoms with van der Waals surface area (Å²) in [6.07, 6.45) is 4.53. The maximum absolute atomic E-state index is 11.8. The first kappa shape index (κ1) is 17.1. The summed E-state index contributed by atoms with van der Waals surface area (Å²) < 4.78 is 0. The molecule has 1 aromatic rings. The van der Waals surface area contributed by atoms with Gasteiger partial charge in [0.25, 0.3) is 0 Å². The van der Waals surface area contributed by atoms with Gasteiger partial charge in [0.15, 0.2) is 0 Å². The van der Waals surface area contributed by atoms with E-state index in [1.54, 1.807) is 0 Å². The molecule has 1 aliphatic heterocycles. The van der Waals surface area contributed by atoms with Gasteiger partial charge in [-0.1, -0.05) is 19.1 Å². The number of urea groups is 1. The third-order valence-electron chi connectivity index (χ3n) is 5.45. The SMILES string of the molecule is CC1CCN(c2ccc(CNC(=O)NCC3(CO)CC3)cc2)CC1. The lowest BCUT2D eigenvalue weighted by Crippen LogP contribution is -2.39. The Hall–Kier alpha value is -1.75. The minimum absolute atomic E-state index is 0.0507. The second-order valence-electron chi connectivity index (χ2n) is 7.53. The van der Waals surface area contributed by atoms with Crippen molar-refractivity contribution in [3.63, 3.8) is 0 Å². The molecule has 3 rings (SSSR count). The fraction of sp³-hybridized carbons (Fsp3) is 0.632. The average molecular weight is 331 g/mol. The van der Waals surface area contributed by atoms with Crippen LogP contribution in [0.5, 0.6) is 0 Å². The van der Waals surface area contributed by atoms with Crippen molar-refractivity contribution in [1.82, 2.24) is 10.6 Å². The van der Waals surface area contributed by atoms with E-state index in [2.05, 4.69) is 46.7 Å². The molecule has 0 bridgehead atoms. The molecule has 0 spiro atoms. The van der Waals surface area contributed by atoms with Crippen molar-refractivity contribution in [1.29, 1.82) is 0 Å². The van der Waals surface area contributed by atoms with Gasteiger partial charge in [-0.25, -0.2) is 4.79 Å². The summed E-state index contributed by atoms with van der Waals surface area (Å²) >= 11 is 0. The number of carbonyl (C=O) groups excluding carboxylic acids is 1. The summed E-state index contributed by atoms with van der Waals surface area (Å²) in [4.78, 5) is 14.3. The average Bonchev–Trinajstić information content (AvgIpc) is 3.40. The van der Waals surface area contributed by atoms with Gasteiger partial charge in [-0.2, -0.15) is 0 Å². The van der Waals surface area contributed by atoms with E-state index in [0.29, 0.717) is 13.1 Å². The van der Waals surface area contributed by atoms with Crippen LogP contribution in [0, 0.1) is 11.3 Å². The quantitative estimate of drug-likeness (QED) is 0.750. The van der Waals surface area contributed by atoms with Gasteiger partial charge in [-0.15, -0.1) is 0 Å². The number of benzene rings is 1. The number of piperidine rings is 1. The smallest absolute Gasteiger partial charge is 0.315 e. The maximum atomic E-state index is 11.8. The van der Waals surface area contributed by atoms with Gasteiger partial charge in [-0.05, 0) is 49.3 Å². The zero-order valence-electron chi connectivity index (χ0n) is 14.6. The molecule has 1 aliphatic carbocycles. The van der Waals surface area contributed by atoms with E-state index >= 15 is 0 Å². The molecule has 1 saturated heterocycles. The molecule has 132 valence electrons. The molecule has 0 aromatic heterocycles.